The average Bonchev–Trinajstić information content (AvgIpc) is 2.90. The van der Waals surface area contributed by atoms with Crippen molar-refractivity contribution in [2.45, 2.75) is 26.9 Å². The molecule has 3 rings (SSSR count). The largest absolute Gasteiger partial charge is 0.420 e. The van der Waals surface area contributed by atoms with Crippen molar-refractivity contribution in [3.8, 4) is 0 Å². The molecule has 3 aromatic rings. The van der Waals surface area contributed by atoms with Gasteiger partial charge in [-0.15, -0.1) is 0 Å². The Morgan fingerprint density at radius 2 is 2.15 bits per heavy atom. The zero-order chi connectivity index (χ0) is 14.3. The molecule has 0 spiro atoms. The third-order valence-electron chi connectivity index (χ3n) is 3.30. The number of oxazole rings is 1. The van der Waals surface area contributed by atoms with E-state index in [4.69, 9.17) is 10.2 Å². The third-order valence-corrected chi connectivity index (χ3v) is 3.30. The Hall–Kier alpha value is -2.50. The van der Waals surface area contributed by atoms with Crippen molar-refractivity contribution in [1.29, 1.82) is 0 Å². The molecule has 0 unspecified atom stereocenters. The highest BCUT2D eigenvalue weighted by atomic mass is 16.4. The molecule has 0 aliphatic rings. The first-order valence-corrected chi connectivity index (χ1v) is 6.50. The number of benzene rings is 1. The summed E-state index contributed by atoms with van der Waals surface area (Å²) in [5.74, 6) is -0.382. The van der Waals surface area contributed by atoms with Gasteiger partial charge >= 0.3 is 5.76 Å². The van der Waals surface area contributed by atoms with E-state index in [0.717, 1.165) is 23.4 Å². The summed E-state index contributed by atoms with van der Waals surface area (Å²) in [5, 5.41) is 4.38. The molecule has 0 saturated heterocycles. The number of aromatic nitrogens is 3. The minimum Gasteiger partial charge on any atom is -0.408 e. The second kappa shape index (κ2) is 4.56. The zero-order valence-corrected chi connectivity index (χ0v) is 11.5. The standard InChI is InChI=1S/C14H16N4O2/c1-3-18-11(6-9(2)16-18)8-17-12-5-4-10(15)7-13(12)20-14(17)19/h4-7H,3,8,15H2,1-2H3. The summed E-state index contributed by atoms with van der Waals surface area (Å²) in [5.41, 5.74) is 9.44. The van der Waals surface area contributed by atoms with Crippen molar-refractivity contribution < 1.29 is 4.42 Å². The van der Waals surface area contributed by atoms with Gasteiger partial charge in [0, 0.05) is 18.3 Å². The molecule has 1 aromatic carbocycles. The van der Waals surface area contributed by atoms with Crippen LogP contribution in [0.5, 0.6) is 0 Å². The Balaban J connectivity index is 2.10. The van der Waals surface area contributed by atoms with Crippen LogP contribution in [0.1, 0.15) is 18.3 Å². The predicted molar refractivity (Wildman–Crippen MR) is 76.6 cm³/mol. The lowest BCUT2D eigenvalue weighted by Crippen LogP contribution is -2.17. The molecule has 6 nitrogen and oxygen atoms in total. The molecule has 2 heterocycles. The van der Waals surface area contributed by atoms with Gasteiger partial charge in [-0.2, -0.15) is 5.10 Å². The van der Waals surface area contributed by atoms with Gasteiger partial charge in [-0.1, -0.05) is 0 Å². The van der Waals surface area contributed by atoms with Crippen LogP contribution < -0.4 is 11.5 Å². The van der Waals surface area contributed by atoms with Crippen molar-refractivity contribution in [3.63, 3.8) is 0 Å². The van der Waals surface area contributed by atoms with E-state index in [-0.39, 0.29) is 5.76 Å². The fourth-order valence-corrected chi connectivity index (χ4v) is 2.39. The maximum absolute atomic E-state index is 12.0. The quantitative estimate of drug-likeness (QED) is 0.737. The van der Waals surface area contributed by atoms with Gasteiger partial charge in [0.15, 0.2) is 5.58 Å². The Morgan fingerprint density at radius 3 is 2.90 bits per heavy atom. The van der Waals surface area contributed by atoms with E-state index in [1.165, 1.54) is 0 Å². The van der Waals surface area contributed by atoms with Crippen molar-refractivity contribution in [1.82, 2.24) is 14.3 Å². The second-order valence-corrected chi connectivity index (χ2v) is 4.77. The van der Waals surface area contributed by atoms with E-state index in [0.29, 0.717) is 17.8 Å². The topological polar surface area (TPSA) is 79.0 Å². The molecule has 6 heteroatoms. The first-order valence-electron chi connectivity index (χ1n) is 6.50. The van der Waals surface area contributed by atoms with E-state index < -0.39 is 0 Å². The minimum absolute atomic E-state index is 0.382. The van der Waals surface area contributed by atoms with E-state index in [2.05, 4.69) is 5.10 Å². The molecule has 0 saturated carbocycles. The number of hydrogen-bond acceptors (Lipinski definition) is 4. The molecule has 0 amide bonds. The number of aryl methyl sites for hydroxylation is 2. The first kappa shape index (κ1) is 12.5. The molecule has 0 fully saturated rings. The molecule has 0 aliphatic heterocycles. The van der Waals surface area contributed by atoms with Crippen molar-refractivity contribution >= 4 is 16.8 Å². The Kier molecular flexibility index (Phi) is 2.85. The molecular weight excluding hydrogens is 256 g/mol. The second-order valence-electron chi connectivity index (χ2n) is 4.77. The van der Waals surface area contributed by atoms with Crippen molar-refractivity contribution in [2.75, 3.05) is 5.73 Å². The molecule has 0 bridgehead atoms. The van der Waals surface area contributed by atoms with Crippen molar-refractivity contribution in [3.05, 3.63) is 46.2 Å². The van der Waals surface area contributed by atoms with Crippen LogP contribution in [0.4, 0.5) is 5.69 Å². The molecular formula is C14H16N4O2. The highest BCUT2D eigenvalue weighted by Gasteiger charge is 2.12. The minimum atomic E-state index is -0.382. The fourth-order valence-electron chi connectivity index (χ4n) is 2.39. The molecule has 2 N–H and O–H groups in total. The van der Waals surface area contributed by atoms with Crippen LogP contribution in [0.25, 0.3) is 11.1 Å². The Morgan fingerprint density at radius 1 is 1.35 bits per heavy atom. The van der Waals surface area contributed by atoms with Crippen LogP contribution in [0.15, 0.2) is 33.5 Å². The number of rotatable bonds is 3. The summed E-state index contributed by atoms with van der Waals surface area (Å²) < 4.78 is 8.71. The maximum atomic E-state index is 12.0. The number of hydrogen-bond donors (Lipinski definition) is 1. The molecule has 0 atom stereocenters. The number of nitrogen functional groups attached to an aromatic ring is 1. The number of anilines is 1. The van der Waals surface area contributed by atoms with Gasteiger partial charge < -0.3 is 10.2 Å². The Labute approximate surface area is 115 Å². The van der Waals surface area contributed by atoms with Gasteiger partial charge in [0.25, 0.3) is 0 Å². The maximum Gasteiger partial charge on any atom is 0.420 e. The van der Waals surface area contributed by atoms with Gasteiger partial charge in [-0.3, -0.25) is 9.25 Å². The summed E-state index contributed by atoms with van der Waals surface area (Å²) in [6.45, 7) is 5.16. The summed E-state index contributed by atoms with van der Waals surface area (Å²) in [6, 6.07) is 7.20. The fraction of sp³-hybridized carbons (Fsp3) is 0.286. The molecule has 0 radical (unpaired) electrons. The van der Waals surface area contributed by atoms with Gasteiger partial charge in [0.1, 0.15) is 0 Å². The van der Waals surface area contributed by atoms with E-state index in [9.17, 15) is 4.79 Å². The third kappa shape index (κ3) is 1.99. The SMILES string of the molecule is CCn1nc(C)cc1Cn1c(=O)oc2cc(N)ccc21. The van der Waals surface area contributed by atoms with E-state index in [1.54, 1.807) is 22.8 Å². The average molecular weight is 272 g/mol. The van der Waals surface area contributed by atoms with Crippen LogP contribution in [0, 0.1) is 6.92 Å². The smallest absolute Gasteiger partial charge is 0.408 e. The normalized spacial score (nSPS) is 11.3. The predicted octanol–water partition coefficient (Wildman–Crippen LogP) is 1.75. The van der Waals surface area contributed by atoms with Crippen LogP contribution >= 0.6 is 0 Å². The number of nitrogens with zero attached hydrogens (tertiary/aromatic N) is 3. The zero-order valence-electron chi connectivity index (χ0n) is 11.5. The highest BCUT2D eigenvalue weighted by molar-refractivity contribution is 5.76. The summed E-state index contributed by atoms with van der Waals surface area (Å²) in [6.07, 6.45) is 0. The lowest BCUT2D eigenvalue weighted by Gasteiger charge is -2.05. The van der Waals surface area contributed by atoms with Crippen LogP contribution in [-0.4, -0.2) is 14.3 Å². The summed E-state index contributed by atoms with van der Waals surface area (Å²) in [7, 11) is 0. The van der Waals surface area contributed by atoms with Gasteiger partial charge in [-0.25, -0.2) is 4.79 Å². The van der Waals surface area contributed by atoms with Crippen molar-refractivity contribution in [2.24, 2.45) is 0 Å². The summed E-state index contributed by atoms with van der Waals surface area (Å²) in [4.78, 5) is 12.0. The van der Waals surface area contributed by atoms with Crippen LogP contribution in [-0.2, 0) is 13.1 Å². The molecule has 2 aromatic heterocycles. The highest BCUT2D eigenvalue weighted by Crippen LogP contribution is 2.17. The Bertz CT molecular complexity index is 825. The van der Waals surface area contributed by atoms with Crippen LogP contribution in [0.3, 0.4) is 0 Å². The molecule has 0 aliphatic carbocycles. The van der Waals surface area contributed by atoms with Gasteiger partial charge in [-0.05, 0) is 32.0 Å². The van der Waals surface area contributed by atoms with Gasteiger partial charge in [0.2, 0.25) is 0 Å². The lowest BCUT2D eigenvalue weighted by molar-refractivity contribution is 0.507. The lowest BCUT2D eigenvalue weighted by atomic mass is 10.3. The van der Waals surface area contributed by atoms with Crippen LogP contribution in [0.2, 0.25) is 0 Å². The molecule has 20 heavy (non-hydrogen) atoms. The monoisotopic (exact) mass is 272 g/mol. The summed E-state index contributed by atoms with van der Waals surface area (Å²) >= 11 is 0. The number of fused-ring (bicyclic) bond motifs is 1. The van der Waals surface area contributed by atoms with Gasteiger partial charge in [0.05, 0.1) is 23.4 Å². The van der Waals surface area contributed by atoms with E-state index in [1.807, 2.05) is 24.6 Å². The molecule has 104 valence electrons. The number of nitrogens with two attached hydrogens (primary N) is 1. The van der Waals surface area contributed by atoms with E-state index >= 15 is 0 Å². The first-order chi connectivity index (χ1) is 9.58.